The van der Waals surface area contributed by atoms with Gasteiger partial charge in [0.05, 0.1) is 5.52 Å². The number of nitrogens with zero attached hydrogens (tertiary/aromatic N) is 1. The Balaban J connectivity index is 1.91. The molecule has 0 saturated heterocycles. The van der Waals surface area contributed by atoms with Gasteiger partial charge in [-0.2, -0.15) is 0 Å². The van der Waals surface area contributed by atoms with E-state index in [9.17, 15) is 9.59 Å². The van der Waals surface area contributed by atoms with Crippen LogP contribution in [0, 0.1) is 5.92 Å². The van der Waals surface area contributed by atoms with Crippen LogP contribution < -0.4 is 0 Å². The Kier molecular flexibility index (Phi) is 3.73. The predicted octanol–water partition coefficient (Wildman–Crippen LogP) is 4.20. The van der Waals surface area contributed by atoms with E-state index in [1.54, 1.807) is 0 Å². The zero-order valence-corrected chi connectivity index (χ0v) is 13.8. The van der Waals surface area contributed by atoms with Crippen molar-refractivity contribution >= 4 is 33.7 Å². The van der Waals surface area contributed by atoms with E-state index in [-0.39, 0.29) is 17.1 Å². The molecule has 1 atom stereocenters. The second kappa shape index (κ2) is 5.91. The number of hydrogen-bond donors (Lipinski definition) is 0. The monoisotopic (exact) mass is 337 g/mol. The second-order valence-corrected chi connectivity index (χ2v) is 6.57. The first-order valence-corrected chi connectivity index (χ1v) is 8.45. The summed E-state index contributed by atoms with van der Waals surface area (Å²) in [6.45, 7) is 0. The number of hydrogen-bond acceptors (Lipinski definition) is 2. The summed E-state index contributed by atoms with van der Waals surface area (Å²) in [5, 5.41) is 0.756. The van der Waals surface area contributed by atoms with Crippen LogP contribution in [0.5, 0.6) is 0 Å². The van der Waals surface area contributed by atoms with Crippen LogP contribution >= 0.6 is 11.6 Å². The third-order valence-electron chi connectivity index (χ3n) is 4.81. The van der Waals surface area contributed by atoms with E-state index in [0.29, 0.717) is 24.8 Å². The highest BCUT2D eigenvalue weighted by Crippen LogP contribution is 2.35. The molecule has 0 spiro atoms. The highest BCUT2D eigenvalue weighted by atomic mass is 35.5. The normalized spacial score (nSPS) is 16.8. The SMILES string of the molecule is O=C(Cl)C1CCc2c(c3ccccc3n2C(=O)c2ccccc2)C1. The predicted molar refractivity (Wildman–Crippen MR) is 94.5 cm³/mol. The zero-order valence-electron chi connectivity index (χ0n) is 13.0. The van der Waals surface area contributed by atoms with E-state index in [1.165, 1.54) is 0 Å². The summed E-state index contributed by atoms with van der Waals surface area (Å²) in [5.74, 6) is -0.186. The Bertz CT molecular complexity index is 943. The summed E-state index contributed by atoms with van der Waals surface area (Å²) in [4.78, 5) is 24.7. The van der Waals surface area contributed by atoms with Gasteiger partial charge >= 0.3 is 0 Å². The van der Waals surface area contributed by atoms with Crippen molar-refractivity contribution in [2.75, 3.05) is 0 Å². The third kappa shape index (κ3) is 2.36. The van der Waals surface area contributed by atoms with Gasteiger partial charge in [0.2, 0.25) is 5.24 Å². The van der Waals surface area contributed by atoms with Gasteiger partial charge in [0.1, 0.15) is 0 Å². The van der Waals surface area contributed by atoms with Crippen LogP contribution in [0.25, 0.3) is 10.9 Å². The van der Waals surface area contributed by atoms with Gasteiger partial charge in [0, 0.05) is 22.6 Å². The maximum atomic E-state index is 13.1. The third-order valence-corrected chi connectivity index (χ3v) is 5.12. The van der Waals surface area contributed by atoms with Gasteiger partial charge in [-0.05, 0) is 54.6 Å². The average molecular weight is 338 g/mol. The average Bonchev–Trinajstić information content (AvgIpc) is 2.95. The quantitative estimate of drug-likeness (QED) is 0.657. The zero-order chi connectivity index (χ0) is 16.7. The topological polar surface area (TPSA) is 39.1 Å². The first-order chi connectivity index (χ1) is 11.7. The molecule has 0 radical (unpaired) electrons. The van der Waals surface area contributed by atoms with Crippen molar-refractivity contribution in [3.05, 3.63) is 71.4 Å². The van der Waals surface area contributed by atoms with Crippen molar-refractivity contribution < 1.29 is 9.59 Å². The highest BCUT2D eigenvalue weighted by molar-refractivity contribution is 6.64. The van der Waals surface area contributed by atoms with E-state index < -0.39 is 0 Å². The standard InChI is InChI=1S/C20H16ClNO2/c21-19(23)14-10-11-18-16(12-14)15-8-4-5-9-17(15)22(18)20(24)13-6-2-1-3-7-13/h1-9,14H,10-12H2. The molecule has 3 aromatic rings. The van der Waals surface area contributed by atoms with E-state index >= 15 is 0 Å². The number of benzene rings is 2. The number of carbonyl (C=O) groups excluding carboxylic acids is 2. The summed E-state index contributed by atoms with van der Waals surface area (Å²) in [6.07, 6.45) is 1.98. The van der Waals surface area contributed by atoms with Crippen molar-refractivity contribution in [1.29, 1.82) is 0 Å². The number of rotatable bonds is 2. The van der Waals surface area contributed by atoms with Crippen molar-refractivity contribution in [3.63, 3.8) is 0 Å². The van der Waals surface area contributed by atoms with Crippen LogP contribution in [-0.2, 0) is 17.6 Å². The Morgan fingerprint density at radius 2 is 1.71 bits per heavy atom. The molecule has 0 fully saturated rings. The minimum atomic E-state index is -0.285. The van der Waals surface area contributed by atoms with Crippen LogP contribution in [-0.4, -0.2) is 15.7 Å². The van der Waals surface area contributed by atoms with Gasteiger partial charge < -0.3 is 0 Å². The molecule has 24 heavy (non-hydrogen) atoms. The van der Waals surface area contributed by atoms with Crippen LogP contribution in [0.2, 0.25) is 0 Å². The summed E-state index contributed by atoms with van der Waals surface area (Å²) < 4.78 is 1.81. The molecule has 1 heterocycles. The molecule has 0 amide bonds. The summed E-state index contributed by atoms with van der Waals surface area (Å²) in [7, 11) is 0. The van der Waals surface area contributed by atoms with Crippen molar-refractivity contribution in [3.8, 4) is 0 Å². The minimum absolute atomic E-state index is 0.0244. The summed E-state index contributed by atoms with van der Waals surface area (Å²) in [6, 6.07) is 17.2. The number of carbonyl (C=O) groups is 2. The van der Waals surface area contributed by atoms with Gasteiger partial charge in [-0.1, -0.05) is 36.4 Å². The molecular formula is C20H16ClNO2. The molecule has 0 aliphatic heterocycles. The smallest absolute Gasteiger partial charge is 0.262 e. The molecule has 0 N–H and O–H groups in total. The van der Waals surface area contributed by atoms with Crippen LogP contribution in [0.15, 0.2) is 54.6 Å². The first kappa shape index (κ1) is 15.2. The van der Waals surface area contributed by atoms with E-state index in [2.05, 4.69) is 0 Å². The molecule has 0 saturated carbocycles. The van der Waals surface area contributed by atoms with Crippen LogP contribution in [0.1, 0.15) is 28.0 Å². The highest BCUT2D eigenvalue weighted by Gasteiger charge is 2.30. The maximum absolute atomic E-state index is 13.1. The second-order valence-electron chi connectivity index (χ2n) is 6.19. The molecule has 1 aliphatic carbocycles. The lowest BCUT2D eigenvalue weighted by Gasteiger charge is -2.20. The van der Waals surface area contributed by atoms with E-state index in [0.717, 1.165) is 22.2 Å². The lowest BCUT2D eigenvalue weighted by Crippen LogP contribution is -2.22. The molecule has 0 bridgehead atoms. The van der Waals surface area contributed by atoms with Crippen LogP contribution in [0.3, 0.4) is 0 Å². The molecule has 1 aliphatic rings. The lowest BCUT2D eigenvalue weighted by molar-refractivity contribution is -0.115. The van der Waals surface area contributed by atoms with Crippen LogP contribution in [0.4, 0.5) is 0 Å². The Morgan fingerprint density at radius 1 is 1.00 bits per heavy atom. The van der Waals surface area contributed by atoms with Crippen molar-refractivity contribution in [2.24, 2.45) is 5.92 Å². The number of fused-ring (bicyclic) bond motifs is 3. The minimum Gasteiger partial charge on any atom is -0.281 e. The fraction of sp³-hybridized carbons (Fsp3) is 0.200. The van der Waals surface area contributed by atoms with E-state index in [4.69, 9.17) is 11.6 Å². The molecule has 3 nitrogen and oxygen atoms in total. The molecule has 1 unspecified atom stereocenters. The Labute approximate surface area is 144 Å². The first-order valence-electron chi connectivity index (χ1n) is 8.07. The van der Waals surface area contributed by atoms with Gasteiger partial charge in [0.15, 0.2) is 0 Å². The Morgan fingerprint density at radius 3 is 2.46 bits per heavy atom. The van der Waals surface area contributed by atoms with Crippen molar-refractivity contribution in [2.45, 2.75) is 19.3 Å². The largest absolute Gasteiger partial charge is 0.281 e. The summed E-state index contributed by atoms with van der Waals surface area (Å²) in [5.41, 5.74) is 3.66. The van der Waals surface area contributed by atoms with Gasteiger partial charge in [-0.15, -0.1) is 0 Å². The van der Waals surface area contributed by atoms with E-state index in [1.807, 2.05) is 59.2 Å². The fourth-order valence-electron chi connectivity index (χ4n) is 3.65. The fourth-order valence-corrected chi connectivity index (χ4v) is 3.83. The van der Waals surface area contributed by atoms with Crippen molar-refractivity contribution in [1.82, 2.24) is 4.57 Å². The van der Waals surface area contributed by atoms with Gasteiger partial charge in [-0.3, -0.25) is 14.2 Å². The molecule has 1 aromatic heterocycles. The molecule has 2 aromatic carbocycles. The maximum Gasteiger partial charge on any atom is 0.262 e. The number of halogens is 1. The lowest BCUT2D eigenvalue weighted by atomic mass is 9.87. The molecule has 120 valence electrons. The van der Waals surface area contributed by atoms with Gasteiger partial charge in [-0.25, -0.2) is 0 Å². The molecular weight excluding hydrogens is 322 g/mol. The molecule has 4 heteroatoms. The summed E-state index contributed by atoms with van der Waals surface area (Å²) >= 11 is 5.73. The number of aromatic nitrogens is 1. The Hall–Kier alpha value is -2.39. The molecule has 4 rings (SSSR count). The number of para-hydroxylation sites is 1. The van der Waals surface area contributed by atoms with Gasteiger partial charge in [0.25, 0.3) is 5.91 Å².